The molecule has 1 amide bonds. The van der Waals surface area contributed by atoms with Gasteiger partial charge in [-0.25, -0.2) is 4.39 Å². The summed E-state index contributed by atoms with van der Waals surface area (Å²) < 4.78 is 20.1. The van der Waals surface area contributed by atoms with Crippen LogP contribution in [0.4, 0.5) is 4.39 Å². The highest BCUT2D eigenvalue weighted by Gasteiger charge is 2.36. The van der Waals surface area contributed by atoms with Crippen LogP contribution in [0.2, 0.25) is 0 Å². The lowest BCUT2D eigenvalue weighted by atomic mass is 10.1. The van der Waals surface area contributed by atoms with Crippen LogP contribution in [-0.4, -0.2) is 66.7 Å². The zero-order valence-electron chi connectivity index (χ0n) is 17.0. The molecule has 2 aromatic carbocycles. The molecule has 0 radical (unpaired) electrons. The van der Waals surface area contributed by atoms with E-state index in [1.807, 2.05) is 43.3 Å². The maximum absolute atomic E-state index is 14.3. The molecular weight excluding hydrogens is 432 g/mol. The van der Waals surface area contributed by atoms with Gasteiger partial charge < -0.3 is 25.4 Å². The van der Waals surface area contributed by atoms with Gasteiger partial charge in [-0.3, -0.25) is 4.79 Å². The van der Waals surface area contributed by atoms with Crippen LogP contribution in [0.1, 0.15) is 15.9 Å². The van der Waals surface area contributed by atoms with Crippen molar-refractivity contribution < 1.29 is 19.0 Å². The standard InChI is InChI=1S/C21H26FN3O3.2ClH/c1-24(2)19-12-25(13-20(19)26)21(27)17-11-16(7-8-18(17)22)28-15-5-3-14(4-6-15)9-10-23;;/h3-8,11,19-20,26H,9-10,12-13,23H2,1-2H3;2*1H/t19-,20-;;/m0../s1. The average molecular weight is 460 g/mol. The SMILES string of the molecule is CN(C)[C@H]1CN(C(=O)c2cc(Oc3ccc(CCN)cc3)ccc2F)C[C@@H]1O.Cl.Cl. The number of carbonyl (C=O) groups excluding carboxylic acids is 1. The predicted octanol–water partition coefficient (Wildman–Crippen LogP) is 2.71. The minimum Gasteiger partial charge on any atom is -0.457 e. The first kappa shape index (κ1) is 26.1. The fourth-order valence-electron chi connectivity index (χ4n) is 3.37. The van der Waals surface area contributed by atoms with Crippen molar-refractivity contribution in [2.75, 3.05) is 33.7 Å². The van der Waals surface area contributed by atoms with Gasteiger partial charge >= 0.3 is 0 Å². The van der Waals surface area contributed by atoms with Crippen molar-refractivity contribution in [1.29, 1.82) is 0 Å². The van der Waals surface area contributed by atoms with Gasteiger partial charge in [0.05, 0.1) is 17.7 Å². The number of likely N-dealkylation sites (tertiary alicyclic amines) is 1. The molecule has 3 rings (SSSR count). The van der Waals surface area contributed by atoms with Crippen molar-refractivity contribution in [3.8, 4) is 11.5 Å². The van der Waals surface area contributed by atoms with E-state index in [2.05, 4.69) is 0 Å². The van der Waals surface area contributed by atoms with Crippen molar-refractivity contribution in [1.82, 2.24) is 9.80 Å². The molecule has 1 fully saturated rings. The Hall–Kier alpha value is -1.90. The monoisotopic (exact) mass is 459 g/mol. The first-order valence-electron chi connectivity index (χ1n) is 9.29. The molecule has 3 N–H and O–H groups in total. The number of ether oxygens (including phenoxy) is 1. The number of likely N-dealkylation sites (N-methyl/N-ethyl adjacent to an activating group) is 1. The van der Waals surface area contributed by atoms with E-state index in [-0.39, 0.29) is 43.0 Å². The molecule has 0 aromatic heterocycles. The zero-order chi connectivity index (χ0) is 20.3. The number of halogens is 3. The van der Waals surface area contributed by atoms with E-state index < -0.39 is 17.8 Å². The first-order valence-corrected chi connectivity index (χ1v) is 9.29. The Labute approximate surface area is 188 Å². The maximum Gasteiger partial charge on any atom is 0.257 e. The Bertz CT molecular complexity index is 837. The van der Waals surface area contributed by atoms with Gasteiger partial charge in [-0.1, -0.05) is 12.1 Å². The van der Waals surface area contributed by atoms with Gasteiger partial charge in [-0.15, -0.1) is 24.8 Å². The highest BCUT2D eigenvalue weighted by atomic mass is 35.5. The van der Waals surface area contributed by atoms with Crippen LogP contribution in [0.15, 0.2) is 42.5 Å². The Morgan fingerprint density at radius 3 is 2.37 bits per heavy atom. The topological polar surface area (TPSA) is 79.0 Å². The summed E-state index contributed by atoms with van der Waals surface area (Å²) in [4.78, 5) is 16.1. The number of β-amino-alcohol motifs (C(OH)–C–C–N with tert-alkyl or cyclic N) is 1. The lowest BCUT2D eigenvalue weighted by Gasteiger charge is -2.21. The second-order valence-corrected chi connectivity index (χ2v) is 7.23. The van der Waals surface area contributed by atoms with E-state index in [1.54, 1.807) is 0 Å². The molecule has 0 saturated carbocycles. The molecule has 0 bridgehead atoms. The third-order valence-corrected chi connectivity index (χ3v) is 4.97. The van der Waals surface area contributed by atoms with Crippen LogP contribution in [0.5, 0.6) is 11.5 Å². The quantitative estimate of drug-likeness (QED) is 0.693. The van der Waals surface area contributed by atoms with E-state index in [0.717, 1.165) is 12.0 Å². The van der Waals surface area contributed by atoms with Gasteiger partial charge in [0.25, 0.3) is 5.91 Å². The number of nitrogens with zero attached hydrogens (tertiary/aromatic N) is 2. The van der Waals surface area contributed by atoms with Gasteiger partial charge in [0.2, 0.25) is 0 Å². The highest BCUT2D eigenvalue weighted by Crippen LogP contribution is 2.26. The summed E-state index contributed by atoms with van der Waals surface area (Å²) in [5, 5.41) is 10.1. The molecule has 0 aliphatic carbocycles. The summed E-state index contributed by atoms with van der Waals surface area (Å²) in [7, 11) is 3.69. The Balaban J connectivity index is 0.00000225. The number of hydrogen-bond donors (Lipinski definition) is 2. The minimum atomic E-state index is -0.659. The van der Waals surface area contributed by atoms with E-state index in [9.17, 15) is 14.3 Å². The second-order valence-electron chi connectivity index (χ2n) is 7.23. The van der Waals surface area contributed by atoms with Crippen LogP contribution < -0.4 is 10.5 Å². The molecule has 1 aliphatic heterocycles. The number of nitrogens with two attached hydrogens (primary N) is 1. The molecule has 1 aliphatic rings. The number of aliphatic hydroxyl groups excluding tert-OH is 1. The zero-order valence-corrected chi connectivity index (χ0v) is 18.6. The highest BCUT2D eigenvalue weighted by molar-refractivity contribution is 5.95. The van der Waals surface area contributed by atoms with Crippen molar-refractivity contribution in [3.05, 3.63) is 59.4 Å². The molecule has 2 aromatic rings. The Morgan fingerprint density at radius 1 is 1.17 bits per heavy atom. The number of hydrogen-bond acceptors (Lipinski definition) is 5. The van der Waals surface area contributed by atoms with Gasteiger partial charge in [0, 0.05) is 13.1 Å². The number of carbonyl (C=O) groups is 1. The number of rotatable bonds is 6. The van der Waals surface area contributed by atoms with Crippen LogP contribution in [0.3, 0.4) is 0 Å². The van der Waals surface area contributed by atoms with Crippen LogP contribution >= 0.6 is 24.8 Å². The Morgan fingerprint density at radius 2 is 1.80 bits per heavy atom. The summed E-state index contributed by atoms with van der Waals surface area (Å²) in [6.45, 7) is 1.10. The van der Waals surface area contributed by atoms with Gasteiger partial charge in [0.1, 0.15) is 17.3 Å². The van der Waals surface area contributed by atoms with Crippen molar-refractivity contribution >= 4 is 30.7 Å². The third kappa shape index (κ3) is 6.06. The molecular formula is C21H28Cl2FN3O3. The van der Waals surface area contributed by atoms with Crippen molar-refractivity contribution in [3.63, 3.8) is 0 Å². The fourth-order valence-corrected chi connectivity index (χ4v) is 3.37. The molecule has 1 saturated heterocycles. The Kier molecular flexibility index (Phi) is 10.0. The van der Waals surface area contributed by atoms with Gasteiger partial charge in [0.15, 0.2) is 0 Å². The molecule has 166 valence electrons. The van der Waals surface area contributed by atoms with Gasteiger partial charge in [-0.05, 0) is 63.0 Å². The van der Waals surface area contributed by atoms with Crippen molar-refractivity contribution in [2.24, 2.45) is 5.73 Å². The minimum absolute atomic E-state index is 0. The maximum atomic E-state index is 14.3. The number of benzene rings is 2. The van der Waals surface area contributed by atoms with E-state index >= 15 is 0 Å². The van der Waals surface area contributed by atoms with E-state index in [4.69, 9.17) is 10.5 Å². The second kappa shape index (κ2) is 11.5. The molecule has 6 nitrogen and oxygen atoms in total. The summed E-state index contributed by atoms with van der Waals surface area (Å²) in [6, 6.07) is 11.4. The summed E-state index contributed by atoms with van der Waals surface area (Å²) in [6.07, 6.45) is 0.124. The smallest absolute Gasteiger partial charge is 0.257 e. The molecule has 9 heteroatoms. The van der Waals surface area contributed by atoms with Crippen LogP contribution in [-0.2, 0) is 6.42 Å². The molecule has 2 atom stereocenters. The van der Waals surface area contributed by atoms with E-state index in [1.165, 1.54) is 23.1 Å². The molecule has 0 unspecified atom stereocenters. The lowest BCUT2D eigenvalue weighted by molar-refractivity contribution is 0.0759. The average Bonchev–Trinajstić information content (AvgIpc) is 3.06. The molecule has 30 heavy (non-hydrogen) atoms. The van der Waals surface area contributed by atoms with E-state index in [0.29, 0.717) is 24.6 Å². The third-order valence-electron chi connectivity index (χ3n) is 4.97. The summed E-state index contributed by atoms with van der Waals surface area (Å²) in [5.41, 5.74) is 6.58. The summed E-state index contributed by atoms with van der Waals surface area (Å²) >= 11 is 0. The lowest BCUT2D eigenvalue weighted by Crippen LogP contribution is -2.38. The first-order chi connectivity index (χ1) is 13.4. The normalized spacial score (nSPS) is 18.0. The van der Waals surface area contributed by atoms with Crippen LogP contribution in [0.25, 0.3) is 0 Å². The molecule has 1 heterocycles. The molecule has 0 spiro atoms. The summed E-state index contributed by atoms with van der Waals surface area (Å²) in [5.74, 6) is -0.0987. The van der Waals surface area contributed by atoms with Crippen molar-refractivity contribution in [2.45, 2.75) is 18.6 Å². The largest absolute Gasteiger partial charge is 0.457 e. The number of aliphatic hydroxyl groups is 1. The van der Waals surface area contributed by atoms with Crippen LogP contribution in [0, 0.1) is 5.82 Å². The number of amides is 1. The van der Waals surface area contributed by atoms with Gasteiger partial charge in [-0.2, -0.15) is 0 Å². The predicted molar refractivity (Wildman–Crippen MR) is 120 cm³/mol. The fraction of sp³-hybridized carbons (Fsp3) is 0.381.